The van der Waals surface area contributed by atoms with Gasteiger partial charge in [-0.1, -0.05) is 0 Å². The molecule has 2 amide bonds. The van der Waals surface area contributed by atoms with Crippen LogP contribution in [0.25, 0.3) is 0 Å². The van der Waals surface area contributed by atoms with Crippen LogP contribution < -0.4 is 4.90 Å². The molecular weight excluding hydrogens is 258 g/mol. The molecule has 1 aromatic rings. The molecule has 0 atom stereocenters. The number of nitrogens with zero attached hydrogens (tertiary/aromatic N) is 3. The quantitative estimate of drug-likeness (QED) is 0.473. The van der Waals surface area contributed by atoms with Crippen molar-refractivity contribution < 1.29 is 24.4 Å². The van der Waals surface area contributed by atoms with Crippen LogP contribution in [-0.4, -0.2) is 32.8 Å². The monoisotopic (exact) mass is 265 g/mol. The van der Waals surface area contributed by atoms with Crippen molar-refractivity contribution in [1.82, 2.24) is 4.98 Å². The molecule has 1 N–H and O–H groups in total. The third-order valence-electron chi connectivity index (χ3n) is 2.56. The predicted molar refractivity (Wildman–Crippen MR) is 59.6 cm³/mol. The smallest absolute Gasteiger partial charge is 0.356 e. The van der Waals surface area contributed by atoms with Gasteiger partial charge < -0.3 is 5.11 Å². The van der Waals surface area contributed by atoms with E-state index in [0.717, 1.165) is 12.3 Å². The molecule has 0 radical (unpaired) electrons. The van der Waals surface area contributed by atoms with Crippen molar-refractivity contribution in [3.05, 3.63) is 28.1 Å². The molecule has 2 heterocycles. The van der Waals surface area contributed by atoms with Gasteiger partial charge >= 0.3 is 5.97 Å². The Hall–Kier alpha value is -2.84. The van der Waals surface area contributed by atoms with Crippen LogP contribution >= 0.6 is 0 Å². The van der Waals surface area contributed by atoms with E-state index < -0.39 is 34.1 Å². The summed E-state index contributed by atoms with van der Waals surface area (Å²) < 4.78 is 0. The molecule has 0 spiro atoms. The van der Waals surface area contributed by atoms with Gasteiger partial charge in [0.2, 0.25) is 11.8 Å². The van der Waals surface area contributed by atoms with Gasteiger partial charge in [0.15, 0.2) is 5.69 Å². The summed E-state index contributed by atoms with van der Waals surface area (Å²) in [4.78, 5) is 48.0. The Morgan fingerprint density at radius 2 is 1.95 bits per heavy atom. The average Bonchev–Trinajstić information content (AvgIpc) is 2.68. The fraction of sp³-hybridized carbons (Fsp3) is 0.200. The number of carbonyl (C=O) groups excluding carboxylic acids is 2. The fourth-order valence-corrected chi connectivity index (χ4v) is 1.72. The van der Waals surface area contributed by atoms with Crippen LogP contribution in [0.3, 0.4) is 0 Å². The number of carbonyl (C=O) groups is 3. The number of carboxylic acid groups (broad SMARTS) is 1. The van der Waals surface area contributed by atoms with Gasteiger partial charge in [-0.2, -0.15) is 0 Å². The van der Waals surface area contributed by atoms with E-state index in [-0.39, 0.29) is 18.5 Å². The van der Waals surface area contributed by atoms with E-state index >= 15 is 0 Å². The Bertz CT molecular complexity index is 595. The lowest BCUT2D eigenvalue weighted by atomic mass is 10.2. The van der Waals surface area contributed by atoms with Gasteiger partial charge in [0.05, 0.1) is 10.6 Å². The van der Waals surface area contributed by atoms with Crippen LogP contribution in [0.4, 0.5) is 11.4 Å². The van der Waals surface area contributed by atoms with Gasteiger partial charge in [0, 0.05) is 18.9 Å². The molecule has 0 bridgehead atoms. The van der Waals surface area contributed by atoms with Crippen molar-refractivity contribution in [3.8, 4) is 0 Å². The first-order valence-corrected chi connectivity index (χ1v) is 5.15. The lowest BCUT2D eigenvalue weighted by molar-refractivity contribution is -0.385. The number of hydrogen-bond acceptors (Lipinski definition) is 6. The number of nitro groups is 1. The number of carboxylic acids is 1. The molecule has 0 unspecified atom stereocenters. The summed E-state index contributed by atoms with van der Waals surface area (Å²) in [6.07, 6.45) is 0.652. The highest BCUT2D eigenvalue weighted by Gasteiger charge is 2.34. The molecule has 1 aliphatic heterocycles. The van der Waals surface area contributed by atoms with Crippen LogP contribution in [0.5, 0.6) is 0 Å². The zero-order valence-electron chi connectivity index (χ0n) is 9.40. The highest BCUT2D eigenvalue weighted by Crippen LogP contribution is 2.28. The van der Waals surface area contributed by atoms with E-state index in [2.05, 4.69) is 4.98 Å². The van der Waals surface area contributed by atoms with Crippen molar-refractivity contribution in [2.45, 2.75) is 12.8 Å². The topological polar surface area (TPSA) is 131 Å². The third-order valence-corrected chi connectivity index (χ3v) is 2.56. The average molecular weight is 265 g/mol. The molecule has 1 aromatic heterocycles. The number of rotatable bonds is 3. The maximum atomic E-state index is 11.6. The first-order chi connectivity index (χ1) is 8.91. The van der Waals surface area contributed by atoms with Gasteiger partial charge in [-0.25, -0.2) is 14.7 Å². The van der Waals surface area contributed by atoms with E-state index in [1.54, 1.807) is 0 Å². The number of aromatic carboxylic acids is 1. The molecular formula is C10H7N3O6. The summed E-state index contributed by atoms with van der Waals surface area (Å²) in [5.41, 5.74) is -1.43. The van der Waals surface area contributed by atoms with Crippen molar-refractivity contribution in [2.75, 3.05) is 4.90 Å². The number of pyridine rings is 1. The molecule has 19 heavy (non-hydrogen) atoms. The summed E-state index contributed by atoms with van der Waals surface area (Å²) in [7, 11) is 0. The van der Waals surface area contributed by atoms with Crippen molar-refractivity contribution in [1.29, 1.82) is 0 Å². The summed E-state index contributed by atoms with van der Waals surface area (Å²) in [6.45, 7) is 0. The summed E-state index contributed by atoms with van der Waals surface area (Å²) in [5.74, 6) is -2.68. The molecule has 1 fully saturated rings. The van der Waals surface area contributed by atoms with Crippen LogP contribution in [-0.2, 0) is 9.59 Å². The molecule has 2 rings (SSSR count). The molecule has 1 aliphatic rings. The standard InChI is InChI=1S/C10H7N3O6/c14-7-1-2-8(15)12(7)6-3-5(13(18)19)4-11-9(6)10(16)17/h3-4H,1-2H2,(H,16,17). The second-order valence-electron chi connectivity index (χ2n) is 3.75. The Labute approximate surface area is 105 Å². The Morgan fingerprint density at radius 1 is 1.37 bits per heavy atom. The number of imide groups is 1. The van der Waals surface area contributed by atoms with Crippen molar-refractivity contribution >= 4 is 29.2 Å². The predicted octanol–water partition coefficient (Wildman–Crippen LogP) is 0.341. The number of amides is 2. The largest absolute Gasteiger partial charge is 0.476 e. The fourth-order valence-electron chi connectivity index (χ4n) is 1.72. The maximum Gasteiger partial charge on any atom is 0.356 e. The number of hydrogen-bond donors (Lipinski definition) is 1. The minimum Gasteiger partial charge on any atom is -0.476 e. The molecule has 0 saturated carbocycles. The minimum absolute atomic E-state index is 0.0550. The van der Waals surface area contributed by atoms with Gasteiger partial charge in [-0.05, 0) is 0 Å². The lowest BCUT2D eigenvalue weighted by Gasteiger charge is -2.15. The zero-order chi connectivity index (χ0) is 14.2. The lowest BCUT2D eigenvalue weighted by Crippen LogP contribution is -2.30. The van der Waals surface area contributed by atoms with E-state index in [9.17, 15) is 24.5 Å². The van der Waals surface area contributed by atoms with Gasteiger partial charge in [-0.15, -0.1) is 0 Å². The molecule has 1 saturated heterocycles. The van der Waals surface area contributed by atoms with E-state index in [1.807, 2.05) is 0 Å². The minimum atomic E-state index is -1.47. The highest BCUT2D eigenvalue weighted by atomic mass is 16.6. The first kappa shape index (κ1) is 12.6. The van der Waals surface area contributed by atoms with Gasteiger partial charge in [-0.3, -0.25) is 19.7 Å². The third kappa shape index (κ3) is 2.12. The molecule has 0 aromatic carbocycles. The first-order valence-electron chi connectivity index (χ1n) is 5.15. The molecule has 98 valence electrons. The zero-order valence-corrected chi connectivity index (χ0v) is 9.40. The van der Waals surface area contributed by atoms with Crippen molar-refractivity contribution in [2.24, 2.45) is 0 Å². The SMILES string of the molecule is O=C(O)c1ncc([N+](=O)[O-])cc1N1C(=O)CCC1=O. The number of anilines is 1. The Balaban J connectivity index is 2.61. The number of aromatic nitrogens is 1. The highest BCUT2D eigenvalue weighted by molar-refractivity contribution is 6.21. The Kier molecular flexibility index (Phi) is 2.95. The van der Waals surface area contributed by atoms with Crippen LogP contribution in [0.2, 0.25) is 0 Å². The van der Waals surface area contributed by atoms with Crippen LogP contribution in [0.15, 0.2) is 12.3 Å². The van der Waals surface area contributed by atoms with E-state index in [1.165, 1.54) is 0 Å². The van der Waals surface area contributed by atoms with Crippen molar-refractivity contribution in [3.63, 3.8) is 0 Å². The molecule has 9 heteroatoms. The maximum absolute atomic E-state index is 11.6. The van der Waals surface area contributed by atoms with Gasteiger partial charge in [0.25, 0.3) is 5.69 Å². The van der Waals surface area contributed by atoms with E-state index in [0.29, 0.717) is 4.90 Å². The second-order valence-corrected chi connectivity index (χ2v) is 3.75. The Morgan fingerprint density at radius 3 is 2.42 bits per heavy atom. The molecule has 0 aliphatic carbocycles. The van der Waals surface area contributed by atoms with Crippen LogP contribution in [0.1, 0.15) is 23.3 Å². The second kappa shape index (κ2) is 4.44. The van der Waals surface area contributed by atoms with Gasteiger partial charge in [0.1, 0.15) is 6.20 Å². The normalized spacial score (nSPS) is 14.8. The summed E-state index contributed by atoms with van der Waals surface area (Å²) >= 11 is 0. The van der Waals surface area contributed by atoms with Crippen LogP contribution in [0, 0.1) is 10.1 Å². The summed E-state index contributed by atoms with van der Waals surface area (Å²) in [5, 5.41) is 19.6. The summed E-state index contributed by atoms with van der Waals surface area (Å²) in [6, 6.07) is 0.859. The molecule has 9 nitrogen and oxygen atoms in total. The van der Waals surface area contributed by atoms with E-state index in [4.69, 9.17) is 5.11 Å².